The van der Waals surface area contributed by atoms with Gasteiger partial charge in [-0.05, 0) is 49.4 Å². The van der Waals surface area contributed by atoms with Crippen LogP contribution in [0, 0.1) is 0 Å². The van der Waals surface area contributed by atoms with Gasteiger partial charge in [-0.1, -0.05) is 0 Å². The normalized spacial score (nSPS) is 17.9. The summed E-state index contributed by atoms with van der Waals surface area (Å²) in [6, 6.07) is 5.54. The van der Waals surface area contributed by atoms with Crippen LogP contribution < -0.4 is 15.4 Å². The van der Waals surface area contributed by atoms with Crippen molar-refractivity contribution >= 4 is 23.5 Å². The van der Waals surface area contributed by atoms with E-state index in [0.717, 1.165) is 11.3 Å². The second-order valence-corrected chi connectivity index (χ2v) is 7.33. The molecule has 8 nitrogen and oxygen atoms in total. The Hall–Kier alpha value is -2.61. The van der Waals surface area contributed by atoms with Crippen LogP contribution in [-0.2, 0) is 25.5 Å². The summed E-state index contributed by atoms with van der Waals surface area (Å²) in [5.41, 5.74) is 1.15. The summed E-state index contributed by atoms with van der Waals surface area (Å²) >= 11 is 0. The Labute approximate surface area is 163 Å². The van der Waals surface area contributed by atoms with Crippen LogP contribution in [0.15, 0.2) is 18.2 Å². The number of carboxylic acids is 1. The van der Waals surface area contributed by atoms with Crippen LogP contribution in [0.5, 0.6) is 5.75 Å². The van der Waals surface area contributed by atoms with Crippen molar-refractivity contribution < 1.29 is 29.0 Å². The van der Waals surface area contributed by atoms with Gasteiger partial charge in [0.2, 0.25) is 11.8 Å². The van der Waals surface area contributed by atoms with E-state index in [0.29, 0.717) is 57.7 Å². The Bertz CT molecular complexity index is 742. The molecule has 0 bridgehead atoms. The molecule has 2 heterocycles. The molecule has 1 fully saturated rings. The Balaban J connectivity index is 1.44. The number of carboxylic acid groups (broad SMARTS) is 1. The number of rotatable bonds is 8. The van der Waals surface area contributed by atoms with E-state index < -0.39 is 11.5 Å². The number of ether oxygens (including phenoxy) is 2. The average Bonchev–Trinajstić information content (AvgIpc) is 2.65. The van der Waals surface area contributed by atoms with Gasteiger partial charge in [-0.15, -0.1) is 0 Å². The number of aliphatic carboxylic acids is 1. The number of amides is 2. The van der Waals surface area contributed by atoms with Gasteiger partial charge in [-0.2, -0.15) is 0 Å². The van der Waals surface area contributed by atoms with Crippen LogP contribution in [-0.4, -0.2) is 48.2 Å². The summed E-state index contributed by atoms with van der Waals surface area (Å²) in [5.74, 6) is -0.353. The smallest absolute Gasteiger partial charge is 0.305 e. The van der Waals surface area contributed by atoms with Gasteiger partial charge in [0, 0.05) is 31.7 Å². The second-order valence-electron chi connectivity index (χ2n) is 7.33. The third-order valence-corrected chi connectivity index (χ3v) is 5.13. The third-order valence-electron chi connectivity index (χ3n) is 5.13. The van der Waals surface area contributed by atoms with Crippen molar-refractivity contribution in [1.29, 1.82) is 0 Å². The summed E-state index contributed by atoms with van der Waals surface area (Å²) in [6.07, 6.45) is 2.88. The molecule has 2 aliphatic heterocycles. The summed E-state index contributed by atoms with van der Waals surface area (Å²) in [5, 5.41) is 14.9. The molecule has 0 spiro atoms. The van der Waals surface area contributed by atoms with Crippen LogP contribution in [0.25, 0.3) is 0 Å². The van der Waals surface area contributed by atoms with Gasteiger partial charge >= 0.3 is 5.97 Å². The first-order chi connectivity index (χ1) is 13.5. The molecule has 0 aromatic heterocycles. The Morgan fingerprint density at radius 2 is 2.04 bits per heavy atom. The topological polar surface area (TPSA) is 114 Å². The van der Waals surface area contributed by atoms with Gasteiger partial charge in [0.15, 0.2) is 0 Å². The van der Waals surface area contributed by atoms with E-state index in [1.165, 1.54) is 0 Å². The van der Waals surface area contributed by atoms with E-state index in [4.69, 9.17) is 14.6 Å². The predicted molar refractivity (Wildman–Crippen MR) is 101 cm³/mol. The number of aryl methyl sites for hydroxylation is 1. The van der Waals surface area contributed by atoms with Crippen molar-refractivity contribution in [2.24, 2.45) is 0 Å². The minimum atomic E-state index is -0.922. The Morgan fingerprint density at radius 1 is 1.25 bits per heavy atom. The molecule has 0 aliphatic carbocycles. The van der Waals surface area contributed by atoms with Gasteiger partial charge < -0.3 is 25.2 Å². The Morgan fingerprint density at radius 3 is 2.79 bits per heavy atom. The summed E-state index contributed by atoms with van der Waals surface area (Å²) in [6.45, 7) is 1.29. The first kappa shape index (κ1) is 20.1. The lowest BCUT2D eigenvalue weighted by Crippen LogP contribution is -2.53. The minimum absolute atomic E-state index is 0.0254. The third kappa shape index (κ3) is 5.45. The summed E-state index contributed by atoms with van der Waals surface area (Å²) in [7, 11) is 0. The van der Waals surface area contributed by atoms with Crippen LogP contribution in [0.1, 0.15) is 44.1 Å². The van der Waals surface area contributed by atoms with E-state index in [2.05, 4.69) is 10.6 Å². The number of hydrogen-bond acceptors (Lipinski definition) is 5. The van der Waals surface area contributed by atoms with E-state index in [-0.39, 0.29) is 24.7 Å². The first-order valence-electron chi connectivity index (χ1n) is 9.62. The molecule has 0 radical (unpaired) electrons. The highest BCUT2D eigenvalue weighted by Crippen LogP contribution is 2.27. The summed E-state index contributed by atoms with van der Waals surface area (Å²) in [4.78, 5) is 34.8. The molecular weight excluding hydrogens is 364 g/mol. The molecule has 0 saturated carbocycles. The van der Waals surface area contributed by atoms with Crippen LogP contribution in [0.2, 0.25) is 0 Å². The average molecular weight is 390 g/mol. The molecule has 0 unspecified atom stereocenters. The van der Waals surface area contributed by atoms with E-state index in [1.807, 2.05) is 12.1 Å². The van der Waals surface area contributed by atoms with Gasteiger partial charge in [-0.25, -0.2) is 0 Å². The lowest BCUT2D eigenvalue weighted by molar-refractivity contribution is -0.140. The molecule has 2 amide bonds. The zero-order chi connectivity index (χ0) is 20.0. The maximum Gasteiger partial charge on any atom is 0.305 e. The molecule has 1 aromatic carbocycles. The second kappa shape index (κ2) is 9.05. The van der Waals surface area contributed by atoms with Gasteiger partial charge in [-0.3, -0.25) is 14.4 Å². The van der Waals surface area contributed by atoms with Crippen molar-refractivity contribution in [3.8, 4) is 5.75 Å². The number of nitrogens with one attached hydrogen (secondary N) is 2. The number of carbonyl (C=O) groups is 3. The van der Waals surface area contributed by atoms with Gasteiger partial charge in [0.1, 0.15) is 5.75 Å². The van der Waals surface area contributed by atoms with Gasteiger partial charge in [0.05, 0.1) is 18.6 Å². The number of anilines is 1. The molecule has 8 heteroatoms. The maximum absolute atomic E-state index is 12.3. The minimum Gasteiger partial charge on any atom is -0.494 e. The quantitative estimate of drug-likeness (QED) is 0.584. The molecule has 152 valence electrons. The molecule has 28 heavy (non-hydrogen) atoms. The largest absolute Gasteiger partial charge is 0.494 e. The highest BCUT2D eigenvalue weighted by molar-refractivity contribution is 5.94. The fourth-order valence-corrected chi connectivity index (χ4v) is 3.63. The van der Waals surface area contributed by atoms with Crippen molar-refractivity contribution in [1.82, 2.24) is 5.32 Å². The SMILES string of the molecule is O=C(O)CC1(NC(=O)CCCOc2ccc3c(c2)CCC(=O)N3)CCOCC1. The molecule has 0 atom stereocenters. The lowest BCUT2D eigenvalue weighted by atomic mass is 9.86. The summed E-state index contributed by atoms with van der Waals surface area (Å²) < 4.78 is 11.0. The zero-order valence-electron chi connectivity index (χ0n) is 15.8. The highest BCUT2D eigenvalue weighted by Gasteiger charge is 2.36. The highest BCUT2D eigenvalue weighted by atomic mass is 16.5. The Kier molecular flexibility index (Phi) is 6.51. The van der Waals surface area contributed by atoms with Crippen LogP contribution in [0.4, 0.5) is 5.69 Å². The fourth-order valence-electron chi connectivity index (χ4n) is 3.63. The van der Waals surface area contributed by atoms with E-state index >= 15 is 0 Å². The van der Waals surface area contributed by atoms with E-state index in [1.54, 1.807) is 6.07 Å². The van der Waals surface area contributed by atoms with Crippen molar-refractivity contribution in [3.05, 3.63) is 23.8 Å². The molecule has 1 saturated heterocycles. The lowest BCUT2D eigenvalue weighted by Gasteiger charge is -2.36. The zero-order valence-corrected chi connectivity index (χ0v) is 15.8. The molecule has 1 aromatic rings. The number of benzene rings is 1. The van der Waals surface area contributed by atoms with Crippen molar-refractivity contribution in [2.75, 3.05) is 25.1 Å². The molecule has 3 rings (SSSR count). The number of fused-ring (bicyclic) bond motifs is 1. The fraction of sp³-hybridized carbons (Fsp3) is 0.550. The van der Waals surface area contributed by atoms with Crippen LogP contribution in [0.3, 0.4) is 0 Å². The number of hydrogen-bond donors (Lipinski definition) is 3. The molecule has 2 aliphatic rings. The standard InChI is InChI=1S/C20H26N2O6/c23-17-6-3-14-12-15(4-5-16(14)21-17)28-9-1-2-18(24)22-20(13-19(25)26)7-10-27-11-8-20/h4-5,12H,1-3,6-11,13H2,(H,21,23)(H,22,24)(H,25,26). The first-order valence-corrected chi connectivity index (χ1v) is 9.62. The molecular formula is C20H26N2O6. The number of carbonyl (C=O) groups excluding carboxylic acids is 2. The predicted octanol–water partition coefficient (Wildman–Crippen LogP) is 1.87. The van der Waals surface area contributed by atoms with Crippen molar-refractivity contribution in [2.45, 2.75) is 50.5 Å². The molecule has 3 N–H and O–H groups in total. The maximum atomic E-state index is 12.3. The van der Waals surface area contributed by atoms with Gasteiger partial charge in [0.25, 0.3) is 0 Å². The van der Waals surface area contributed by atoms with E-state index in [9.17, 15) is 14.4 Å². The van der Waals surface area contributed by atoms with Crippen molar-refractivity contribution in [3.63, 3.8) is 0 Å². The monoisotopic (exact) mass is 390 g/mol. The van der Waals surface area contributed by atoms with Crippen LogP contribution >= 0.6 is 0 Å².